The van der Waals surface area contributed by atoms with Gasteiger partial charge in [0.15, 0.2) is 0 Å². The molecule has 0 radical (unpaired) electrons. The van der Waals surface area contributed by atoms with Crippen molar-refractivity contribution in [2.24, 2.45) is 5.41 Å². The topological polar surface area (TPSA) is 79.0 Å². The molecule has 1 aromatic rings. The Labute approximate surface area is 173 Å². The van der Waals surface area contributed by atoms with Crippen LogP contribution in [0.15, 0.2) is 16.3 Å². The van der Waals surface area contributed by atoms with Crippen molar-refractivity contribution in [3.8, 4) is 0 Å². The first-order valence-corrected chi connectivity index (χ1v) is 11.6. The van der Waals surface area contributed by atoms with E-state index in [1.807, 2.05) is 43.4 Å². The van der Waals surface area contributed by atoms with Crippen LogP contribution in [0.25, 0.3) is 0 Å². The minimum atomic E-state index is -1.22. The Balaban J connectivity index is 1.54. The van der Waals surface area contributed by atoms with Crippen LogP contribution in [0.3, 0.4) is 0 Å². The highest BCUT2D eigenvalue weighted by Gasteiger charge is 2.36. The van der Waals surface area contributed by atoms with Crippen molar-refractivity contribution in [1.29, 1.82) is 0 Å². The Kier molecular flexibility index (Phi) is 6.46. The van der Waals surface area contributed by atoms with E-state index in [4.69, 9.17) is 4.74 Å². The average Bonchev–Trinajstić information content (AvgIpc) is 3.30. The maximum Gasteiger partial charge on any atom is 0.407 e. The molecule has 0 bridgehead atoms. The summed E-state index contributed by atoms with van der Waals surface area (Å²) in [7, 11) is -1.22. The van der Waals surface area contributed by atoms with Crippen LogP contribution in [0.5, 0.6) is 0 Å². The highest BCUT2D eigenvalue weighted by molar-refractivity contribution is 7.83. The summed E-state index contributed by atoms with van der Waals surface area (Å²) >= 11 is 1.59. The van der Waals surface area contributed by atoms with E-state index in [0.29, 0.717) is 13.1 Å². The predicted octanol–water partition coefficient (Wildman–Crippen LogP) is 2.74. The average molecular weight is 428 g/mol. The lowest BCUT2D eigenvalue weighted by molar-refractivity contribution is -0.130. The van der Waals surface area contributed by atoms with E-state index in [1.54, 1.807) is 16.2 Å². The van der Waals surface area contributed by atoms with E-state index in [9.17, 15) is 13.8 Å². The number of alkyl carbamates (subject to hydrolysis) is 1. The fourth-order valence-corrected chi connectivity index (χ4v) is 6.03. The van der Waals surface area contributed by atoms with Crippen LogP contribution in [0.2, 0.25) is 0 Å². The molecule has 3 rings (SSSR count). The number of likely N-dealkylation sites (tertiary alicyclic amines) is 1. The normalized spacial score (nSPS) is 23.5. The molecule has 0 saturated carbocycles. The van der Waals surface area contributed by atoms with Crippen molar-refractivity contribution in [2.75, 3.05) is 19.6 Å². The Hall–Kier alpha value is -1.45. The Morgan fingerprint density at radius 1 is 1.43 bits per heavy atom. The van der Waals surface area contributed by atoms with Gasteiger partial charge in [-0.25, -0.2) is 13.3 Å². The highest BCUT2D eigenvalue weighted by Crippen LogP contribution is 2.33. The molecule has 7 nitrogen and oxygen atoms in total. The molecule has 0 aromatic carbocycles. The minimum Gasteiger partial charge on any atom is -0.444 e. The Morgan fingerprint density at radius 3 is 2.79 bits per heavy atom. The molecular weight excluding hydrogens is 398 g/mol. The maximum atomic E-state index is 12.6. The number of ether oxygens (including phenoxy) is 1. The van der Waals surface area contributed by atoms with Gasteiger partial charge in [0, 0.05) is 36.0 Å². The van der Waals surface area contributed by atoms with E-state index in [-0.39, 0.29) is 23.9 Å². The zero-order valence-corrected chi connectivity index (χ0v) is 18.5. The summed E-state index contributed by atoms with van der Waals surface area (Å²) in [5, 5.41) is 4.53. The van der Waals surface area contributed by atoms with Gasteiger partial charge in [-0.1, -0.05) is 20.8 Å². The largest absolute Gasteiger partial charge is 0.444 e. The smallest absolute Gasteiger partial charge is 0.407 e. The quantitative estimate of drug-likeness (QED) is 0.784. The summed E-state index contributed by atoms with van der Waals surface area (Å²) < 4.78 is 20.1. The van der Waals surface area contributed by atoms with Crippen LogP contribution in [0.4, 0.5) is 4.79 Å². The molecular formula is C19H29N3O4S2. The molecule has 9 heteroatoms. The third kappa shape index (κ3) is 4.75. The first kappa shape index (κ1) is 21.3. The number of hydrogen-bond acceptors (Lipinski definition) is 5. The lowest BCUT2D eigenvalue weighted by atomic mass is 9.89. The summed E-state index contributed by atoms with van der Waals surface area (Å²) in [6.45, 7) is 9.63. The summed E-state index contributed by atoms with van der Waals surface area (Å²) in [6.07, 6.45) is 0.939. The molecule has 28 heavy (non-hydrogen) atoms. The lowest BCUT2D eigenvalue weighted by Crippen LogP contribution is -2.46. The zero-order chi connectivity index (χ0) is 20.5. The molecule has 1 aromatic heterocycles. The Morgan fingerprint density at radius 2 is 2.18 bits per heavy atom. The van der Waals surface area contributed by atoms with E-state index in [1.165, 1.54) is 0 Å². The molecule has 1 unspecified atom stereocenters. The summed E-state index contributed by atoms with van der Waals surface area (Å²) in [5.41, 5.74) is -0.328. The van der Waals surface area contributed by atoms with Gasteiger partial charge >= 0.3 is 6.09 Å². The van der Waals surface area contributed by atoms with Crippen LogP contribution in [-0.4, -0.2) is 57.2 Å². The van der Waals surface area contributed by atoms with Gasteiger partial charge in [0.25, 0.3) is 0 Å². The summed E-state index contributed by atoms with van der Waals surface area (Å²) in [4.78, 5) is 28.3. The fraction of sp³-hybridized carbons (Fsp3) is 0.684. The SMILES string of the molecule is C[C@@H]1CCCN1C(=O)CNC(=O)O[C@H](CN1Cc2sccc2S1=O)C(C)(C)C. The van der Waals surface area contributed by atoms with Crippen molar-refractivity contribution < 1.29 is 18.5 Å². The van der Waals surface area contributed by atoms with Gasteiger partial charge in [-0.3, -0.25) is 4.79 Å². The zero-order valence-electron chi connectivity index (χ0n) is 16.9. The molecule has 3 heterocycles. The van der Waals surface area contributed by atoms with E-state index < -0.39 is 23.2 Å². The second-order valence-electron chi connectivity index (χ2n) is 8.47. The second-order valence-corrected chi connectivity index (χ2v) is 10.9. The van der Waals surface area contributed by atoms with Crippen LogP contribution in [-0.2, 0) is 27.1 Å². The van der Waals surface area contributed by atoms with Crippen LogP contribution in [0, 0.1) is 5.41 Å². The number of carbonyl (C=O) groups is 2. The standard InChI is InChI=1S/C19H29N3O4S2/c1-13-6-5-8-22(13)17(23)10-20-18(24)26-16(19(2,3)4)12-21-11-14-15(28(21)25)7-9-27-14/h7,9,13,16H,5-6,8,10-12H2,1-4H3,(H,20,24)/t13-,16-,28?/m1/s1. The van der Waals surface area contributed by atoms with Gasteiger partial charge in [-0.2, -0.15) is 0 Å². The maximum absolute atomic E-state index is 12.6. The molecule has 1 saturated heterocycles. The number of carbonyl (C=O) groups excluding carboxylic acids is 2. The molecule has 3 atom stereocenters. The van der Waals surface area contributed by atoms with Crippen molar-refractivity contribution >= 4 is 34.3 Å². The van der Waals surface area contributed by atoms with Crippen molar-refractivity contribution in [3.63, 3.8) is 0 Å². The van der Waals surface area contributed by atoms with E-state index in [2.05, 4.69) is 5.32 Å². The Bertz CT molecular complexity index is 759. The van der Waals surface area contributed by atoms with Gasteiger partial charge in [-0.05, 0) is 31.2 Å². The van der Waals surface area contributed by atoms with Crippen LogP contribution >= 0.6 is 11.3 Å². The number of nitrogens with one attached hydrogen (secondary N) is 1. The monoisotopic (exact) mass is 427 g/mol. The number of rotatable bonds is 5. The molecule has 0 spiro atoms. The number of thiophene rings is 1. The molecule has 1 fully saturated rings. The predicted molar refractivity (Wildman–Crippen MR) is 109 cm³/mol. The number of hydrogen-bond donors (Lipinski definition) is 1. The molecule has 0 aliphatic carbocycles. The van der Waals surface area contributed by atoms with Crippen LogP contribution in [0.1, 0.15) is 45.4 Å². The van der Waals surface area contributed by atoms with Gasteiger partial charge < -0.3 is 15.0 Å². The summed E-state index contributed by atoms with van der Waals surface area (Å²) in [5.74, 6) is -0.0839. The molecule has 2 aliphatic heterocycles. The van der Waals surface area contributed by atoms with Gasteiger partial charge in [0.1, 0.15) is 23.6 Å². The number of fused-ring (bicyclic) bond motifs is 1. The number of nitrogens with zero attached hydrogens (tertiary/aromatic N) is 2. The third-order valence-corrected chi connectivity index (χ3v) is 7.83. The van der Waals surface area contributed by atoms with Gasteiger partial charge in [0.2, 0.25) is 5.91 Å². The van der Waals surface area contributed by atoms with Crippen molar-refractivity contribution in [3.05, 3.63) is 16.3 Å². The first-order chi connectivity index (χ1) is 13.2. The molecule has 156 valence electrons. The fourth-order valence-electron chi connectivity index (χ4n) is 3.49. The van der Waals surface area contributed by atoms with Crippen molar-refractivity contribution in [2.45, 2.75) is 64.1 Å². The highest BCUT2D eigenvalue weighted by atomic mass is 32.2. The van der Waals surface area contributed by atoms with Crippen molar-refractivity contribution in [1.82, 2.24) is 14.5 Å². The number of amides is 2. The molecule has 2 aliphatic rings. The molecule has 1 N–H and O–H groups in total. The van der Waals surface area contributed by atoms with Gasteiger partial charge in [-0.15, -0.1) is 11.3 Å². The second kappa shape index (κ2) is 8.51. The van der Waals surface area contributed by atoms with E-state index >= 15 is 0 Å². The molecule has 2 amide bonds. The third-order valence-electron chi connectivity index (χ3n) is 5.29. The minimum absolute atomic E-state index is 0.0625. The lowest BCUT2D eigenvalue weighted by Gasteiger charge is -2.32. The van der Waals surface area contributed by atoms with E-state index in [0.717, 1.165) is 29.2 Å². The first-order valence-electron chi connectivity index (χ1n) is 9.64. The van der Waals surface area contributed by atoms with Crippen LogP contribution < -0.4 is 5.32 Å². The summed E-state index contributed by atoms with van der Waals surface area (Å²) in [6, 6.07) is 2.11. The van der Waals surface area contributed by atoms with Gasteiger partial charge in [0.05, 0.1) is 4.90 Å².